The van der Waals surface area contributed by atoms with Gasteiger partial charge in [-0.2, -0.15) is 8.78 Å². The molecule has 11 heteroatoms. The van der Waals surface area contributed by atoms with Crippen LogP contribution in [0.15, 0.2) is 36.7 Å². The summed E-state index contributed by atoms with van der Waals surface area (Å²) in [5, 5.41) is 14.0. The summed E-state index contributed by atoms with van der Waals surface area (Å²) in [5.41, 5.74) is 1.05. The molecule has 0 atom stereocenters. The molecular formula is C23H24ClF3N4O3. The van der Waals surface area contributed by atoms with Crippen molar-refractivity contribution in [1.82, 2.24) is 14.9 Å². The maximum atomic E-state index is 13.5. The molecule has 0 unspecified atom stereocenters. The number of nitrogens with one attached hydrogen (secondary N) is 1. The number of benzene rings is 2. The lowest BCUT2D eigenvalue weighted by molar-refractivity contribution is -0.172. The van der Waals surface area contributed by atoms with Crippen LogP contribution in [0.1, 0.15) is 19.3 Å². The molecule has 34 heavy (non-hydrogen) atoms. The molecule has 0 spiro atoms. The number of fused-ring (bicyclic) bond motifs is 1. The van der Waals surface area contributed by atoms with Crippen molar-refractivity contribution >= 4 is 34.0 Å². The number of hydrogen-bond donors (Lipinski definition) is 2. The number of phenols is 1. The fourth-order valence-electron chi connectivity index (χ4n) is 3.88. The number of hydrogen-bond acceptors (Lipinski definition) is 7. The molecule has 1 saturated heterocycles. The van der Waals surface area contributed by atoms with Crippen molar-refractivity contribution in [2.24, 2.45) is 0 Å². The van der Waals surface area contributed by atoms with Crippen LogP contribution in [0.25, 0.3) is 10.9 Å². The molecule has 0 radical (unpaired) electrons. The van der Waals surface area contributed by atoms with E-state index in [0.717, 1.165) is 6.54 Å². The highest BCUT2D eigenvalue weighted by atomic mass is 35.5. The Morgan fingerprint density at radius 3 is 2.71 bits per heavy atom. The highest BCUT2D eigenvalue weighted by Gasteiger charge is 2.22. The first kappa shape index (κ1) is 24.3. The van der Waals surface area contributed by atoms with Gasteiger partial charge >= 0.3 is 6.61 Å². The van der Waals surface area contributed by atoms with Gasteiger partial charge in [-0.05, 0) is 43.5 Å². The third kappa shape index (κ3) is 6.19. The van der Waals surface area contributed by atoms with Crippen molar-refractivity contribution in [3.05, 3.63) is 47.5 Å². The summed E-state index contributed by atoms with van der Waals surface area (Å²) >= 11 is 5.86. The van der Waals surface area contributed by atoms with Gasteiger partial charge in [0.1, 0.15) is 18.0 Å². The highest BCUT2D eigenvalue weighted by molar-refractivity contribution is 6.31. The molecule has 1 aromatic heterocycles. The smallest absolute Gasteiger partial charge is 0.345 e. The fourth-order valence-corrected chi connectivity index (χ4v) is 4.06. The Hall–Kier alpha value is -2.82. The Labute approximate surface area is 199 Å². The second-order valence-electron chi connectivity index (χ2n) is 7.95. The Bertz CT molecular complexity index is 1130. The van der Waals surface area contributed by atoms with Crippen LogP contribution in [-0.2, 0) is 4.74 Å². The average molecular weight is 497 g/mol. The summed E-state index contributed by atoms with van der Waals surface area (Å²) in [5.74, 6) is 0.163. The number of aromatic hydroxyl groups is 1. The fraction of sp³-hybridized carbons (Fsp3) is 0.391. The molecule has 7 nitrogen and oxygen atoms in total. The van der Waals surface area contributed by atoms with Crippen LogP contribution in [0, 0.1) is 5.82 Å². The third-order valence-electron chi connectivity index (χ3n) is 5.60. The van der Waals surface area contributed by atoms with Crippen LogP contribution in [0.3, 0.4) is 0 Å². The molecule has 0 saturated carbocycles. The summed E-state index contributed by atoms with van der Waals surface area (Å²) in [6, 6.07) is 7.37. The SMILES string of the molecule is Oc1cc2ncnc(Nc3ccc(F)c(Cl)c3)c2cc1OCCCN1CCC(OC(F)F)CC1. The zero-order valence-corrected chi connectivity index (χ0v) is 18.9. The first-order valence-electron chi connectivity index (χ1n) is 10.9. The summed E-state index contributed by atoms with van der Waals surface area (Å²) < 4.78 is 48.5. The van der Waals surface area contributed by atoms with E-state index < -0.39 is 18.5 Å². The molecule has 0 aliphatic carbocycles. The van der Waals surface area contributed by atoms with Crippen molar-refractivity contribution in [2.45, 2.75) is 32.0 Å². The summed E-state index contributed by atoms with van der Waals surface area (Å²) in [4.78, 5) is 10.6. The number of anilines is 2. The van der Waals surface area contributed by atoms with E-state index in [-0.39, 0.29) is 16.5 Å². The molecule has 4 rings (SSSR count). The van der Waals surface area contributed by atoms with Gasteiger partial charge in [0, 0.05) is 36.8 Å². The Kier molecular flexibility index (Phi) is 7.91. The summed E-state index contributed by atoms with van der Waals surface area (Å²) in [6.07, 6.45) is 2.81. The van der Waals surface area contributed by atoms with Gasteiger partial charge in [-0.15, -0.1) is 0 Å². The number of halogens is 4. The van der Waals surface area contributed by atoms with Crippen molar-refractivity contribution < 1.29 is 27.8 Å². The second-order valence-corrected chi connectivity index (χ2v) is 8.36. The average Bonchev–Trinajstić information content (AvgIpc) is 2.80. The van der Waals surface area contributed by atoms with E-state index in [1.165, 1.54) is 30.6 Å². The standard InChI is InChI=1S/C23H24ClF3N4O3/c24-17-10-14(2-3-18(17)25)30-22-16-11-21(20(32)12-19(16)28-13-29-22)33-9-1-6-31-7-4-15(5-8-31)34-23(26)27/h2-3,10-13,15,23,32H,1,4-9H2,(H,28,29,30). The van der Waals surface area contributed by atoms with Crippen LogP contribution in [0.2, 0.25) is 5.02 Å². The van der Waals surface area contributed by atoms with Crippen molar-refractivity contribution in [2.75, 3.05) is 31.6 Å². The van der Waals surface area contributed by atoms with E-state index in [9.17, 15) is 18.3 Å². The van der Waals surface area contributed by atoms with Crippen LogP contribution >= 0.6 is 11.6 Å². The van der Waals surface area contributed by atoms with E-state index in [0.29, 0.717) is 61.4 Å². The van der Waals surface area contributed by atoms with E-state index in [1.807, 2.05) is 0 Å². The molecule has 0 bridgehead atoms. The Morgan fingerprint density at radius 2 is 1.97 bits per heavy atom. The summed E-state index contributed by atoms with van der Waals surface area (Å²) in [6.45, 7) is -0.237. The van der Waals surface area contributed by atoms with E-state index in [4.69, 9.17) is 16.3 Å². The predicted molar refractivity (Wildman–Crippen MR) is 123 cm³/mol. The molecule has 182 valence electrons. The maximum Gasteiger partial charge on any atom is 0.345 e. The normalized spacial score (nSPS) is 15.2. The van der Waals surface area contributed by atoms with Gasteiger partial charge in [0.05, 0.1) is 23.3 Å². The first-order valence-corrected chi connectivity index (χ1v) is 11.3. The Morgan fingerprint density at radius 1 is 1.18 bits per heavy atom. The maximum absolute atomic E-state index is 13.5. The number of piperidine rings is 1. The number of nitrogens with zero attached hydrogens (tertiary/aromatic N) is 3. The number of phenolic OH excluding ortho intramolecular Hbond substituents is 1. The molecule has 1 aliphatic heterocycles. The van der Waals surface area contributed by atoms with Crippen LogP contribution in [0.4, 0.5) is 24.7 Å². The lowest BCUT2D eigenvalue weighted by Crippen LogP contribution is -2.38. The zero-order valence-electron chi connectivity index (χ0n) is 18.2. The van der Waals surface area contributed by atoms with Crippen molar-refractivity contribution in [3.8, 4) is 11.5 Å². The minimum absolute atomic E-state index is 0.0178. The van der Waals surface area contributed by atoms with Crippen LogP contribution in [0.5, 0.6) is 11.5 Å². The van der Waals surface area contributed by atoms with Gasteiger partial charge in [0.15, 0.2) is 11.5 Å². The zero-order chi connectivity index (χ0) is 24.1. The molecule has 0 amide bonds. The molecule has 1 fully saturated rings. The molecule has 2 heterocycles. The van der Waals surface area contributed by atoms with Gasteiger partial charge < -0.3 is 24.8 Å². The molecule has 2 N–H and O–H groups in total. The van der Waals surface area contributed by atoms with Gasteiger partial charge in [0.2, 0.25) is 0 Å². The van der Waals surface area contributed by atoms with Crippen molar-refractivity contribution in [3.63, 3.8) is 0 Å². The lowest BCUT2D eigenvalue weighted by atomic mass is 10.1. The second kappa shape index (κ2) is 11.1. The molecule has 1 aliphatic rings. The monoisotopic (exact) mass is 496 g/mol. The summed E-state index contributed by atoms with van der Waals surface area (Å²) in [7, 11) is 0. The molecular weight excluding hydrogens is 473 g/mol. The number of alkyl halides is 2. The lowest BCUT2D eigenvalue weighted by Gasteiger charge is -2.31. The molecule has 3 aromatic rings. The Balaban J connectivity index is 1.36. The van der Waals surface area contributed by atoms with Crippen LogP contribution < -0.4 is 10.1 Å². The van der Waals surface area contributed by atoms with Gasteiger partial charge in [0.25, 0.3) is 0 Å². The molecule has 2 aromatic carbocycles. The van der Waals surface area contributed by atoms with E-state index in [1.54, 1.807) is 6.07 Å². The van der Waals surface area contributed by atoms with Crippen molar-refractivity contribution in [1.29, 1.82) is 0 Å². The first-order chi connectivity index (χ1) is 16.4. The number of likely N-dealkylation sites (tertiary alicyclic amines) is 1. The van der Waals surface area contributed by atoms with E-state index in [2.05, 4.69) is 24.9 Å². The van der Waals surface area contributed by atoms with Crippen LogP contribution in [-0.4, -0.2) is 58.9 Å². The van der Waals surface area contributed by atoms with Gasteiger partial charge in [-0.1, -0.05) is 11.6 Å². The van der Waals surface area contributed by atoms with Gasteiger partial charge in [-0.25, -0.2) is 14.4 Å². The highest BCUT2D eigenvalue weighted by Crippen LogP contribution is 2.34. The number of ether oxygens (including phenoxy) is 2. The van der Waals surface area contributed by atoms with Gasteiger partial charge in [-0.3, -0.25) is 0 Å². The van der Waals surface area contributed by atoms with E-state index >= 15 is 0 Å². The quantitative estimate of drug-likeness (QED) is 0.387. The largest absolute Gasteiger partial charge is 0.504 e. The topological polar surface area (TPSA) is 79.7 Å². The number of rotatable bonds is 9. The predicted octanol–water partition coefficient (Wildman–Crippen LogP) is 5.34. The third-order valence-corrected chi connectivity index (χ3v) is 5.89. The minimum atomic E-state index is -2.73. The number of aromatic nitrogens is 2. The minimum Gasteiger partial charge on any atom is -0.504 e.